The first kappa shape index (κ1) is 22.7. The van der Waals surface area contributed by atoms with E-state index in [0.29, 0.717) is 36.6 Å². The molecule has 0 atom stereocenters. The standard InChI is InChI=1S/C27H29ClN4O2/c28-22-11-9-20(10-12-22)24-19-25(32(29-24)23-7-3-1-4-8-23)27(34)31-17-13-21(14-18-31)26(33)30-15-5-2-6-16-30/h1,3-4,7-12,19,21H,2,5-6,13-18H2. The van der Waals surface area contributed by atoms with E-state index in [1.165, 1.54) is 6.42 Å². The molecule has 2 amide bonds. The number of halogens is 1. The Labute approximate surface area is 205 Å². The zero-order chi connectivity index (χ0) is 23.5. The summed E-state index contributed by atoms with van der Waals surface area (Å²) < 4.78 is 1.72. The average molecular weight is 477 g/mol. The Bertz CT molecular complexity index is 1150. The summed E-state index contributed by atoms with van der Waals surface area (Å²) in [6.45, 7) is 2.92. The van der Waals surface area contributed by atoms with E-state index in [9.17, 15) is 9.59 Å². The van der Waals surface area contributed by atoms with E-state index in [1.807, 2.05) is 70.5 Å². The lowest BCUT2D eigenvalue weighted by atomic mass is 9.94. The molecule has 2 saturated heterocycles. The van der Waals surface area contributed by atoms with Gasteiger partial charge in [0.05, 0.1) is 11.4 Å². The fourth-order valence-electron chi connectivity index (χ4n) is 4.93. The quantitative estimate of drug-likeness (QED) is 0.529. The summed E-state index contributed by atoms with van der Waals surface area (Å²) in [7, 11) is 0. The van der Waals surface area contributed by atoms with Crippen molar-refractivity contribution in [1.29, 1.82) is 0 Å². The lowest BCUT2D eigenvalue weighted by molar-refractivity contribution is -0.137. The van der Waals surface area contributed by atoms with Gasteiger partial charge in [-0.05, 0) is 62.4 Å². The van der Waals surface area contributed by atoms with Crippen molar-refractivity contribution in [3.8, 4) is 16.9 Å². The monoisotopic (exact) mass is 476 g/mol. The molecular weight excluding hydrogens is 448 g/mol. The van der Waals surface area contributed by atoms with Crippen molar-refractivity contribution in [3.63, 3.8) is 0 Å². The number of likely N-dealkylation sites (tertiary alicyclic amines) is 2. The fraction of sp³-hybridized carbons (Fsp3) is 0.370. The maximum absolute atomic E-state index is 13.6. The summed E-state index contributed by atoms with van der Waals surface area (Å²) >= 11 is 6.05. The molecule has 0 radical (unpaired) electrons. The number of rotatable bonds is 4. The van der Waals surface area contributed by atoms with Crippen LogP contribution in [0.1, 0.15) is 42.6 Å². The van der Waals surface area contributed by atoms with Gasteiger partial charge in [0, 0.05) is 42.7 Å². The zero-order valence-corrected chi connectivity index (χ0v) is 20.0. The van der Waals surface area contributed by atoms with Crippen molar-refractivity contribution in [2.24, 2.45) is 5.92 Å². The number of hydrogen-bond donors (Lipinski definition) is 0. The van der Waals surface area contributed by atoms with Crippen LogP contribution in [0.2, 0.25) is 5.02 Å². The van der Waals surface area contributed by atoms with E-state index < -0.39 is 0 Å². The first-order chi connectivity index (χ1) is 16.6. The van der Waals surface area contributed by atoms with Crippen LogP contribution in [0, 0.1) is 5.92 Å². The first-order valence-corrected chi connectivity index (χ1v) is 12.5. The molecule has 2 aromatic carbocycles. The van der Waals surface area contributed by atoms with Crippen LogP contribution in [0.3, 0.4) is 0 Å². The molecule has 2 aliphatic heterocycles. The average Bonchev–Trinajstić information content (AvgIpc) is 3.35. The van der Waals surface area contributed by atoms with Gasteiger partial charge < -0.3 is 9.80 Å². The zero-order valence-electron chi connectivity index (χ0n) is 19.2. The van der Waals surface area contributed by atoms with Crippen LogP contribution in [-0.4, -0.2) is 57.6 Å². The number of hydrogen-bond acceptors (Lipinski definition) is 3. The van der Waals surface area contributed by atoms with Crippen molar-refractivity contribution in [2.45, 2.75) is 32.1 Å². The van der Waals surface area contributed by atoms with Gasteiger partial charge in [0.2, 0.25) is 5.91 Å². The van der Waals surface area contributed by atoms with Crippen molar-refractivity contribution in [3.05, 3.63) is 71.4 Å². The molecule has 2 aliphatic rings. The highest BCUT2D eigenvalue weighted by molar-refractivity contribution is 6.30. The Morgan fingerprint density at radius 2 is 1.50 bits per heavy atom. The second kappa shape index (κ2) is 10.0. The molecule has 0 N–H and O–H groups in total. The van der Waals surface area contributed by atoms with Crippen LogP contribution in [0.5, 0.6) is 0 Å². The first-order valence-electron chi connectivity index (χ1n) is 12.1. The van der Waals surface area contributed by atoms with E-state index in [1.54, 1.807) is 4.68 Å². The predicted molar refractivity (Wildman–Crippen MR) is 133 cm³/mol. The third-order valence-corrected chi connectivity index (χ3v) is 7.12. The van der Waals surface area contributed by atoms with Gasteiger partial charge in [-0.2, -0.15) is 5.10 Å². The Kier molecular flexibility index (Phi) is 6.68. The minimum absolute atomic E-state index is 0.0193. The highest BCUT2D eigenvalue weighted by Gasteiger charge is 2.32. The molecule has 0 unspecified atom stereocenters. The maximum atomic E-state index is 13.6. The lowest BCUT2D eigenvalue weighted by Crippen LogP contribution is -2.46. The SMILES string of the molecule is O=C(c1cc(-c2ccc(Cl)cc2)nn1-c1ccccc1)N1CCC(C(=O)N2CCCCC2)CC1. The molecule has 1 aromatic heterocycles. The van der Waals surface area contributed by atoms with Gasteiger partial charge in [-0.15, -0.1) is 0 Å². The molecule has 0 bridgehead atoms. The second-order valence-electron chi connectivity index (χ2n) is 9.12. The van der Waals surface area contributed by atoms with Gasteiger partial charge in [-0.1, -0.05) is 41.9 Å². The Morgan fingerprint density at radius 1 is 0.824 bits per heavy atom. The van der Waals surface area contributed by atoms with Gasteiger partial charge >= 0.3 is 0 Å². The van der Waals surface area contributed by atoms with E-state index in [0.717, 1.165) is 42.9 Å². The Morgan fingerprint density at radius 3 is 2.18 bits per heavy atom. The molecule has 6 nitrogen and oxygen atoms in total. The van der Waals surface area contributed by atoms with E-state index >= 15 is 0 Å². The number of carbonyl (C=O) groups excluding carboxylic acids is 2. The number of carbonyl (C=O) groups is 2. The summed E-state index contributed by atoms with van der Waals surface area (Å²) in [5.74, 6) is 0.234. The van der Waals surface area contributed by atoms with E-state index in [-0.39, 0.29) is 17.7 Å². The van der Waals surface area contributed by atoms with Crippen molar-refractivity contribution in [2.75, 3.05) is 26.2 Å². The minimum atomic E-state index is -0.0551. The number of nitrogens with zero attached hydrogens (tertiary/aromatic N) is 4. The highest BCUT2D eigenvalue weighted by Crippen LogP contribution is 2.27. The summed E-state index contributed by atoms with van der Waals surface area (Å²) in [4.78, 5) is 30.4. The summed E-state index contributed by atoms with van der Waals surface area (Å²) in [6.07, 6.45) is 4.84. The topological polar surface area (TPSA) is 58.4 Å². The highest BCUT2D eigenvalue weighted by atomic mass is 35.5. The smallest absolute Gasteiger partial charge is 0.272 e. The lowest BCUT2D eigenvalue weighted by Gasteiger charge is -2.35. The van der Waals surface area contributed by atoms with Crippen LogP contribution in [0.4, 0.5) is 0 Å². The summed E-state index contributed by atoms with van der Waals surface area (Å²) in [5.41, 5.74) is 2.98. The molecular formula is C27H29ClN4O2. The molecule has 34 heavy (non-hydrogen) atoms. The molecule has 0 saturated carbocycles. The Hall–Kier alpha value is -3.12. The third kappa shape index (κ3) is 4.73. The normalized spacial score (nSPS) is 17.1. The second-order valence-corrected chi connectivity index (χ2v) is 9.56. The number of aromatic nitrogens is 2. The molecule has 3 heterocycles. The number of benzene rings is 2. The van der Waals surface area contributed by atoms with Crippen LogP contribution in [0.15, 0.2) is 60.7 Å². The predicted octanol–water partition coefficient (Wildman–Crippen LogP) is 5.06. The van der Waals surface area contributed by atoms with Gasteiger partial charge in [-0.3, -0.25) is 9.59 Å². The van der Waals surface area contributed by atoms with Crippen molar-refractivity contribution in [1.82, 2.24) is 19.6 Å². The van der Waals surface area contributed by atoms with Crippen molar-refractivity contribution >= 4 is 23.4 Å². The van der Waals surface area contributed by atoms with E-state index in [4.69, 9.17) is 16.7 Å². The fourth-order valence-corrected chi connectivity index (χ4v) is 5.05. The maximum Gasteiger partial charge on any atom is 0.272 e. The van der Waals surface area contributed by atoms with Gasteiger partial charge in [-0.25, -0.2) is 4.68 Å². The number of piperidine rings is 2. The number of para-hydroxylation sites is 1. The van der Waals surface area contributed by atoms with Gasteiger partial charge in [0.1, 0.15) is 5.69 Å². The largest absolute Gasteiger partial charge is 0.342 e. The molecule has 2 fully saturated rings. The summed E-state index contributed by atoms with van der Waals surface area (Å²) in [5, 5.41) is 5.42. The number of amides is 2. The van der Waals surface area contributed by atoms with E-state index in [2.05, 4.69) is 0 Å². The van der Waals surface area contributed by atoms with Crippen molar-refractivity contribution < 1.29 is 9.59 Å². The molecule has 5 rings (SSSR count). The summed E-state index contributed by atoms with van der Waals surface area (Å²) in [6, 6.07) is 19.0. The molecule has 176 valence electrons. The van der Waals surface area contributed by atoms with Crippen LogP contribution >= 0.6 is 11.6 Å². The molecule has 3 aromatic rings. The third-order valence-electron chi connectivity index (χ3n) is 6.87. The van der Waals surface area contributed by atoms with Crippen LogP contribution in [-0.2, 0) is 4.79 Å². The molecule has 7 heteroatoms. The van der Waals surface area contributed by atoms with Gasteiger partial charge in [0.25, 0.3) is 5.91 Å². The van der Waals surface area contributed by atoms with Crippen LogP contribution < -0.4 is 0 Å². The minimum Gasteiger partial charge on any atom is -0.342 e. The van der Waals surface area contributed by atoms with Gasteiger partial charge in [0.15, 0.2) is 0 Å². The van der Waals surface area contributed by atoms with Crippen LogP contribution in [0.25, 0.3) is 16.9 Å². The molecule has 0 spiro atoms. The molecule has 0 aliphatic carbocycles. The Balaban J connectivity index is 1.36.